The second kappa shape index (κ2) is 10.1. The van der Waals surface area contributed by atoms with Crippen molar-refractivity contribution >= 4 is 11.9 Å². The van der Waals surface area contributed by atoms with Crippen LogP contribution >= 0.6 is 0 Å². The van der Waals surface area contributed by atoms with Gasteiger partial charge in [-0.25, -0.2) is 0 Å². The number of carbonyl (C=O) groups excluding carboxylic acids is 2. The first kappa shape index (κ1) is 15.9. The number of amides is 1. The monoisotopic (exact) mass is 244 g/mol. The normalized spacial score (nSPS) is 12.1. The SMILES string of the molecule is CCCCC(NCCCCC(N)=O)C(=O)OC. The molecular formula is C12H24N2O3. The third kappa shape index (κ3) is 8.68. The van der Waals surface area contributed by atoms with Gasteiger partial charge in [-0.3, -0.25) is 9.59 Å². The second-order valence-electron chi connectivity index (χ2n) is 4.10. The number of methoxy groups -OCH3 is 1. The Morgan fingerprint density at radius 2 is 2.00 bits per heavy atom. The largest absolute Gasteiger partial charge is 0.468 e. The minimum atomic E-state index is -0.277. The summed E-state index contributed by atoms with van der Waals surface area (Å²) in [5.74, 6) is -0.492. The average Bonchev–Trinajstić information content (AvgIpc) is 2.31. The topological polar surface area (TPSA) is 81.4 Å². The number of hydrogen-bond donors (Lipinski definition) is 2. The molecule has 0 fully saturated rings. The molecule has 0 heterocycles. The van der Waals surface area contributed by atoms with E-state index in [0.29, 0.717) is 13.0 Å². The molecule has 1 atom stereocenters. The molecule has 0 aliphatic heterocycles. The zero-order valence-corrected chi connectivity index (χ0v) is 10.8. The summed E-state index contributed by atoms with van der Waals surface area (Å²) in [6, 6.07) is -0.228. The van der Waals surface area contributed by atoms with Crippen LogP contribution in [0.4, 0.5) is 0 Å². The lowest BCUT2D eigenvalue weighted by Gasteiger charge is -2.15. The third-order valence-corrected chi connectivity index (χ3v) is 2.57. The van der Waals surface area contributed by atoms with Crippen LogP contribution in [0.15, 0.2) is 0 Å². The van der Waals surface area contributed by atoms with Crippen LogP contribution in [-0.2, 0) is 14.3 Å². The van der Waals surface area contributed by atoms with Crippen molar-refractivity contribution in [2.24, 2.45) is 5.73 Å². The summed E-state index contributed by atoms with van der Waals surface area (Å²) >= 11 is 0. The highest BCUT2D eigenvalue weighted by Crippen LogP contribution is 2.03. The molecule has 1 amide bonds. The van der Waals surface area contributed by atoms with Gasteiger partial charge in [0.05, 0.1) is 7.11 Å². The summed E-state index contributed by atoms with van der Waals surface area (Å²) in [5, 5.41) is 3.15. The zero-order valence-electron chi connectivity index (χ0n) is 10.8. The minimum Gasteiger partial charge on any atom is -0.468 e. The van der Waals surface area contributed by atoms with Crippen molar-refractivity contribution < 1.29 is 14.3 Å². The van der Waals surface area contributed by atoms with Gasteiger partial charge >= 0.3 is 5.97 Å². The molecule has 0 radical (unpaired) electrons. The van der Waals surface area contributed by atoms with Gasteiger partial charge in [0.25, 0.3) is 0 Å². The van der Waals surface area contributed by atoms with Gasteiger partial charge in [-0.2, -0.15) is 0 Å². The van der Waals surface area contributed by atoms with Gasteiger partial charge in [0.15, 0.2) is 0 Å². The van der Waals surface area contributed by atoms with Gasteiger partial charge < -0.3 is 15.8 Å². The molecule has 17 heavy (non-hydrogen) atoms. The van der Waals surface area contributed by atoms with E-state index in [9.17, 15) is 9.59 Å². The number of esters is 1. The van der Waals surface area contributed by atoms with Crippen molar-refractivity contribution in [1.82, 2.24) is 5.32 Å². The van der Waals surface area contributed by atoms with Crippen LogP contribution < -0.4 is 11.1 Å². The highest BCUT2D eigenvalue weighted by Gasteiger charge is 2.16. The molecule has 0 spiro atoms. The Kier molecular flexibility index (Phi) is 9.43. The summed E-state index contributed by atoms with van der Waals surface area (Å²) < 4.78 is 4.73. The molecule has 0 aromatic carbocycles. The Labute approximate surface area is 103 Å². The van der Waals surface area contributed by atoms with Crippen LogP contribution in [0.5, 0.6) is 0 Å². The van der Waals surface area contributed by atoms with Crippen molar-refractivity contribution in [3.63, 3.8) is 0 Å². The first-order valence-corrected chi connectivity index (χ1v) is 6.21. The fraction of sp³-hybridized carbons (Fsp3) is 0.833. The molecule has 0 saturated carbocycles. The van der Waals surface area contributed by atoms with Crippen LogP contribution in [-0.4, -0.2) is 31.6 Å². The van der Waals surface area contributed by atoms with E-state index >= 15 is 0 Å². The van der Waals surface area contributed by atoms with Gasteiger partial charge in [-0.05, 0) is 25.8 Å². The van der Waals surface area contributed by atoms with Crippen LogP contribution in [0.1, 0.15) is 45.4 Å². The Morgan fingerprint density at radius 3 is 2.53 bits per heavy atom. The summed E-state index contributed by atoms with van der Waals surface area (Å²) in [6.07, 6.45) is 4.83. The molecule has 5 heteroatoms. The van der Waals surface area contributed by atoms with Crippen LogP contribution in [0.2, 0.25) is 0 Å². The maximum Gasteiger partial charge on any atom is 0.322 e. The second-order valence-corrected chi connectivity index (χ2v) is 4.10. The van der Waals surface area contributed by atoms with E-state index in [1.165, 1.54) is 7.11 Å². The van der Waals surface area contributed by atoms with E-state index in [1.807, 2.05) is 0 Å². The third-order valence-electron chi connectivity index (χ3n) is 2.57. The molecule has 1 unspecified atom stereocenters. The molecule has 0 aromatic heterocycles. The number of nitrogens with two attached hydrogens (primary N) is 1. The van der Waals surface area contributed by atoms with E-state index in [0.717, 1.165) is 32.1 Å². The Hall–Kier alpha value is -1.10. The molecule has 100 valence electrons. The van der Waals surface area contributed by atoms with E-state index in [-0.39, 0.29) is 17.9 Å². The fourth-order valence-corrected chi connectivity index (χ4v) is 1.55. The predicted octanol–water partition coefficient (Wildman–Crippen LogP) is 0.963. The molecular weight excluding hydrogens is 220 g/mol. The molecule has 0 aliphatic rings. The van der Waals surface area contributed by atoms with Gasteiger partial charge in [-0.1, -0.05) is 19.8 Å². The number of hydrogen-bond acceptors (Lipinski definition) is 4. The Morgan fingerprint density at radius 1 is 1.29 bits per heavy atom. The maximum absolute atomic E-state index is 11.4. The first-order chi connectivity index (χ1) is 8.11. The number of ether oxygens (including phenoxy) is 1. The molecule has 5 nitrogen and oxygen atoms in total. The molecule has 0 saturated heterocycles. The first-order valence-electron chi connectivity index (χ1n) is 6.21. The van der Waals surface area contributed by atoms with Gasteiger partial charge in [0, 0.05) is 6.42 Å². The lowest BCUT2D eigenvalue weighted by Crippen LogP contribution is -2.38. The fourth-order valence-electron chi connectivity index (χ4n) is 1.55. The van der Waals surface area contributed by atoms with Gasteiger partial charge in [0.1, 0.15) is 6.04 Å². The minimum absolute atomic E-state index is 0.214. The van der Waals surface area contributed by atoms with Crippen molar-refractivity contribution in [3.05, 3.63) is 0 Å². The van der Waals surface area contributed by atoms with Crippen LogP contribution in [0.25, 0.3) is 0 Å². The van der Waals surface area contributed by atoms with Gasteiger partial charge in [0.2, 0.25) is 5.91 Å². The number of primary amides is 1. The highest BCUT2D eigenvalue weighted by molar-refractivity contribution is 5.75. The van der Waals surface area contributed by atoms with E-state index in [2.05, 4.69) is 12.2 Å². The van der Waals surface area contributed by atoms with E-state index in [1.54, 1.807) is 0 Å². The predicted molar refractivity (Wildman–Crippen MR) is 66.4 cm³/mol. The smallest absolute Gasteiger partial charge is 0.322 e. The van der Waals surface area contributed by atoms with E-state index in [4.69, 9.17) is 10.5 Å². The highest BCUT2D eigenvalue weighted by atomic mass is 16.5. The summed E-state index contributed by atoms with van der Waals surface area (Å²) in [4.78, 5) is 22.0. The molecule has 0 aromatic rings. The number of rotatable bonds is 10. The lowest BCUT2D eigenvalue weighted by atomic mass is 10.1. The maximum atomic E-state index is 11.4. The molecule has 3 N–H and O–H groups in total. The quantitative estimate of drug-likeness (QED) is 0.443. The van der Waals surface area contributed by atoms with E-state index < -0.39 is 0 Å². The standard InChI is InChI=1S/C12H24N2O3/c1-3-4-7-10(12(16)17-2)14-9-6-5-8-11(13)15/h10,14H,3-9H2,1-2H3,(H2,13,15). The van der Waals surface area contributed by atoms with Crippen LogP contribution in [0, 0.1) is 0 Å². The summed E-state index contributed by atoms with van der Waals surface area (Å²) in [6.45, 7) is 2.79. The average molecular weight is 244 g/mol. The van der Waals surface area contributed by atoms with Crippen LogP contribution in [0.3, 0.4) is 0 Å². The Bertz CT molecular complexity index is 232. The summed E-state index contributed by atoms with van der Waals surface area (Å²) in [7, 11) is 1.40. The summed E-state index contributed by atoms with van der Waals surface area (Å²) in [5.41, 5.74) is 5.04. The van der Waals surface area contributed by atoms with Crippen molar-refractivity contribution in [1.29, 1.82) is 0 Å². The molecule has 0 rings (SSSR count). The number of nitrogens with one attached hydrogen (secondary N) is 1. The van der Waals surface area contributed by atoms with Gasteiger partial charge in [-0.15, -0.1) is 0 Å². The number of carbonyl (C=O) groups is 2. The molecule has 0 aliphatic carbocycles. The zero-order chi connectivity index (χ0) is 13.1. The molecule has 0 bridgehead atoms. The Balaban J connectivity index is 3.75. The van der Waals surface area contributed by atoms with Crippen molar-refractivity contribution in [2.75, 3.05) is 13.7 Å². The lowest BCUT2D eigenvalue weighted by molar-refractivity contribution is -0.143. The number of unbranched alkanes of at least 4 members (excludes halogenated alkanes) is 2. The van der Waals surface area contributed by atoms with Crippen molar-refractivity contribution in [3.8, 4) is 0 Å². The van der Waals surface area contributed by atoms with Crippen molar-refractivity contribution in [2.45, 2.75) is 51.5 Å².